The summed E-state index contributed by atoms with van der Waals surface area (Å²) >= 11 is 0. The quantitative estimate of drug-likeness (QED) is 0.554. The molecule has 0 fully saturated rings. The normalized spacial score (nSPS) is 15.3. The smallest absolute Gasteiger partial charge is 0.410 e. The highest BCUT2D eigenvalue weighted by Crippen LogP contribution is 2.27. The molecule has 2 unspecified atom stereocenters. The van der Waals surface area contributed by atoms with Crippen LogP contribution in [0, 0.1) is 0 Å². The predicted octanol–water partition coefficient (Wildman–Crippen LogP) is 4.35. The summed E-state index contributed by atoms with van der Waals surface area (Å²) in [5.74, 6) is -0.118. The van der Waals surface area contributed by atoms with Gasteiger partial charge in [0.15, 0.2) is 5.78 Å². The number of carbonyl (C=O) groups is 2. The van der Waals surface area contributed by atoms with E-state index in [9.17, 15) is 9.59 Å². The summed E-state index contributed by atoms with van der Waals surface area (Å²) < 4.78 is 11.7. The van der Waals surface area contributed by atoms with Gasteiger partial charge in [-0.1, -0.05) is 13.5 Å². The Kier molecular flexibility index (Phi) is 8.69. The van der Waals surface area contributed by atoms with Crippen molar-refractivity contribution in [1.82, 2.24) is 4.90 Å². The molecule has 0 bridgehead atoms. The fourth-order valence-corrected chi connectivity index (χ4v) is 2.74. The van der Waals surface area contributed by atoms with Crippen molar-refractivity contribution in [3.8, 4) is 0 Å². The molecule has 0 heterocycles. The molecule has 0 N–H and O–H groups in total. The third-order valence-corrected chi connectivity index (χ3v) is 4.25. The maximum absolute atomic E-state index is 12.2. The van der Waals surface area contributed by atoms with Crippen molar-refractivity contribution < 1.29 is 19.1 Å². The number of carbonyl (C=O) groups excluding carboxylic acids is 2. The predicted molar refractivity (Wildman–Crippen MR) is 97.2 cm³/mol. The molecular formula is C19H35NO4. The molecule has 140 valence electrons. The highest BCUT2D eigenvalue weighted by molar-refractivity contribution is 6.00. The lowest BCUT2D eigenvalue weighted by molar-refractivity contribution is -0.147. The molecule has 0 aliphatic rings. The average Bonchev–Trinajstić information content (AvgIpc) is 2.46. The fourth-order valence-electron chi connectivity index (χ4n) is 2.74. The summed E-state index contributed by atoms with van der Waals surface area (Å²) in [6.07, 6.45) is 0.637. The van der Waals surface area contributed by atoms with Crippen molar-refractivity contribution in [1.29, 1.82) is 0 Å². The molecule has 0 saturated carbocycles. The van der Waals surface area contributed by atoms with Crippen LogP contribution in [0.2, 0.25) is 0 Å². The van der Waals surface area contributed by atoms with E-state index in [-0.39, 0.29) is 18.0 Å². The molecule has 24 heavy (non-hydrogen) atoms. The molecule has 0 aliphatic heterocycles. The highest BCUT2D eigenvalue weighted by Gasteiger charge is 2.35. The first kappa shape index (κ1) is 22.6. The minimum Gasteiger partial charge on any atom is -0.443 e. The number of amides is 1. The van der Waals surface area contributed by atoms with Crippen LogP contribution >= 0.6 is 0 Å². The van der Waals surface area contributed by atoms with Gasteiger partial charge in [0.1, 0.15) is 11.2 Å². The molecule has 0 radical (unpaired) electrons. The van der Waals surface area contributed by atoms with Gasteiger partial charge in [-0.3, -0.25) is 4.79 Å². The number of ketones is 1. The van der Waals surface area contributed by atoms with Crippen LogP contribution in [-0.4, -0.2) is 47.2 Å². The van der Waals surface area contributed by atoms with Gasteiger partial charge in [-0.15, -0.1) is 0 Å². The number of rotatable bonds is 10. The summed E-state index contributed by atoms with van der Waals surface area (Å²) in [6.45, 7) is 19.7. The van der Waals surface area contributed by atoms with E-state index in [1.165, 1.54) is 0 Å². The Morgan fingerprint density at radius 3 is 2.00 bits per heavy atom. The lowest BCUT2D eigenvalue weighted by Gasteiger charge is -2.35. The van der Waals surface area contributed by atoms with Crippen LogP contribution in [0.15, 0.2) is 12.2 Å². The monoisotopic (exact) mass is 341 g/mol. The van der Waals surface area contributed by atoms with Gasteiger partial charge in [0, 0.05) is 19.5 Å². The van der Waals surface area contributed by atoms with Crippen molar-refractivity contribution in [3.63, 3.8) is 0 Å². The highest BCUT2D eigenvalue weighted by atomic mass is 16.6. The van der Waals surface area contributed by atoms with Crippen LogP contribution in [0.5, 0.6) is 0 Å². The molecule has 0 aromatic rings. The largest absolute Gasteiger partial charge is 0.443 e. The van der Waals surface area contributed by atoms with Crippen molar-refractivity contribution in [3.05, 3.63) is 12.2 Å². The molecule has 5 nitrogen and oxygen atoms in total. The summed E-state index contributed by atoms with van der Waals surface area (Å²) in [5, 5.41) is 0. The lowest BCUT2D eigenvalue weighted by Crippen LogP contribution is -2.44. The van der Waals surface area contributed by atoms with Crippen LogP contribution < -0.4 is 0 Å². The van der Waals surface area contributed by atoms with E-state index in [0.29, 0.717) is 31.5 Å². The van der Waals surface area contributed by atoms with Gasteiger partial charge in [0.2, 0.25) is 0 Å². The van der Waals surface area contributed by atoms with E-state index in [1.807, 2.05) is 34.6 Å². The molecular weight excluding hydrogens is 306 g/mol. The SMILES string of the molecule is C=C(C)C(=O)C(C)(C)OC(C)CC(C)(CC)OC(=O)N(CC)CC. The second-order valence-corrected chi connectivity index (χ2v) is 7.10. The standard InChI is InChI=1S/C19H35NO4/c1-10-19(9,24-17(22)20(11-2)12-3)13-15(6)23-18(7,8)16(21)14(4)5/h15H,4,10-13H2,1-3,5-9H3. The van der Waals surface area contributed by atoms with Crippen LogP contribution in [0.25, 0.3) is 0 Å². The van der Waals surface area contributed by atoms with E-state index < -0.39 is 11.2 Å². The minimum atomic E-state index is -0.942. The van der Waals surface area contributed by atoms with Gasteiger partial charge < -0.3 is 14.4 Å². The second kappa shape index (κ2) is 9.21. The Morgan fingerprint density at radius 1 is 1.12 bits per heavy atom. The topological polar surface area (TPSA) is 55.8 Å². The maximum Gasteiger partial charge on any atom is 0.410 e. The van der Waals surface area contributed by atoms with Crippen LogP contribution in [0.3, 0.4) is 0 Å². The van der Waals surface area contributed by atoms with E-state index in [2.05, 4.69) is 6.58 Å². The minimum absolute atomic E-state index is 0.118. The van der Waals surface area contributed by atoms with Gasteiger partial charge in [0.05, 0.1) is 6.10 Å². The van der Waals surface area contributed by atoms with Gasteiger partial charge in [0.25, 0.3) is 0 Å². The zero-order valence-corrected chi connectivity index (χ0v) is 16.7. The summed E-state index contributed by atoms with van der Waals surface area (Å²) in [5.41, 5.74) is -1.11. The first-order valence-electron chi connectivity index (χ1n) is 8.78. The summed E-state index contributed by atoms with van der Waals surface area (Å²) in [6, 6.07) is 0. The first-order chi connectivity index (χ1) is 10.9. The number of hydrogen-bond donors (Lipinski definition) is 0. The van der Waals surface area contributed by atoms with Crippen molar-refractivity contribution in [2.75, 3.05) is 13.1 Å². The Hall–Kier alpha value is -1.36. The van der Waals surface area contributed by atoms with Gasteiger partial charge in [-0.25, -0.2) is 4.79 Å². The molecule has 5 heteroatoms. The maximum atomic E-state index is 12.2. The van der Waals surface area contributed by atoms with Crippen LogP contribution in [0.4, 0.5) is 4.79 Å². The number of nitrogens with zero attached hydrogens (tertiary/aromatic N) is 1. The summed E-state index contributed by atoms with van der Waals surface area (Å²) in [7, 11) is 0. The van der Waals surface area contributed by atoms with Crippen molar-refractivity contribution in [2.24, 2.45) is 0 Å². The van der Waals surface area contributed by atoms with E-state index in [4.69, 9.17) is 9.47 Å². The Balaban J connectivity index is 4.94. The zero-order valence-electron chi connectivity index (χ0n) is 16.7. The first-order valence-corrected chi connectivity index (χ1v) is 8.78. The van der Waals surface area contributed by atoms with Gasteiger partial charge >= 0.3 is 6.09 Å². The number of ether oxygens (including phenoxy) is 2. The molecule has 0 spiro atoms. The Labute approximate surface area is 147 Å². The third kappa shape index (κ3) is 6.63. The molecule has 0 saturated heterocycles. The molecule has 1 amide bonds. The Bertz CT molecular complexity index is 454. The van der Waals surface area contributed by atoms with Crippen molar-refractivity contribution >= 4 is 11.9 Å². The molecule has 0 aliphatic carbocycles. The second-order valence-electron chi connectivity index (χ2n) is 7.10. The lowest BCUT2D eigenvalue weighted by atomic mass is 9.94. The van der Waals surface area contributed by atoms with E-state index >= 15 is 0 Å². The average molecular weight is 341 g/mol. The van der Waals surface area contributed by atoms with E-state index in [1.54, 1.807) is 25.7 Å². The Morgan fingerprint density at radius 2 is 1.62 bits per heavy atom. The van der Waals surface area contributed by atoms with Crippen LogP contribution in [0.1, 0.15) is 68.2 Å². The molecule has 2 atom stereocenters. The number of hydrogen-bond acceptors (Lipinski definition) is 4. The molecule has 0 aromatic carbocycles. The van der Waals surface area contributed by atoms with Crippen molar-refractivity contribution in [2.45, 2.75) is 85.5 Å². The van der Waals surface area contributed by atoms with Gasteiger partial charge in [-0.2, -0.15) is 0 Å². The fraction of sp³-hybridized carbons (Fsp3) is 0.789. The third-order valence-electron chi connectivity index (χ3n) is 4.25. The van der Waals surface area contributed by atoms with E-state index in [0.717, 1.165) is 0 Å². The molecule has 0 rings (SSSR count). The molecule has 0 aromatic heterocycles. The zero-order chi connectivity index (χ0) is 19.1. The van der Waals surface area contributed by atoms with Gasteiger partial charge in [-0.05, 0) is 60.5 Å². The van der Waals surface area contributed by atoms with Crippen LogP contribution in [-0.2, 0) is 14.3 Å². The number of Topliss-reactive ketones (excluding diaryl/α,β-unsaturated/α-hetero) is 1. The summed E-state index contributed by atoms with van der Waals surface area (Å²) in [4.78, 5) is 26.1.